The molecule has 0 saturated carbocycles. The Bertz CT molecular complexity index is 2890. The van der Waals surface area contributed by atoms with Crippen LogP contribution in [0.3, 0.4) is 0 Å². The lowest BCUT2D eigenvalue weighted by atomic mass is 10.1. The summed E-state index contributed by atoms with van der Waals surface area (Å²) in [6, 6.07) is 11.2. The summed E-state index contributed by atoms with van der Waals surface area (Å²) in [4.78, 5) is 41.8. The molecule has 24 nitrogen and oxygen atoms in total. The lowest BCUT2D eigenvalue weighted by Gasteiger charge is -2.10. The number of nitrogen functional groups attached to an aromatic ring is 4. The molecule has 0 bridgehead atoms. The molecule has 0 aliphatic heterocycles. The summed E-state index contributed by atoms with van der Waals surface area (Å²) < 4.78 is 123. The Kier molecular flexibility index (Phi) is 18.7. The third-order valence-corrected chi connectivity index (χ3v) is 11.2. The Labute approximate surface area is 362 Å². The van der Waals surface area contributed by atoms with Crippen molar-refractivity contribution < 1.29 is 71.1 Å². The molecule has 0 radical (unpaired) electrons. The Balaban J connectivity index is 0.000000420. The lowest BCUT2D eigenvalue weighted by molar-refractivity contribution is -0.115. The Hall–Kier alpha value is -6.40. The largest absolute Gasteiger partial charge is 0.398 e. The molecule has 28 heteroatoms. The molecule has 4 amide bonds. The number of amides is 4. The average molecular weight is 963 g/mol. The Morgan fingerprint density at radius 3 is 1.30 bits per heavy atom. The highest BCUT2D eigenvalue weighted by molar-refractivity contribution is 7.86. The van der Waals surface area contributed by atoms with Crippen molar-refractivity contribution in [2.75, 3.05) is 44.2 Å². The zero-order chi connectivity index (χ0) is 49.2. The molecule has 0 aliphatic carbocycles. The van der Waals surface area contributed by atoms with E-state index in [9.17, 15) is 52.8 Å². The van der Waals surface area contributed by atoms with Crippen LogP contribution in [0.5, 0.6) is 0 Å². The van der Waals surface area contributed by atoms with Crippen molar-refractivity contribution in [3.8, 4) is 0 Å². The van der Waals surface area contributed by atoms with E-state index in [0.717, 1.165) is 24.3 Å². The highest BCUT2D eigenvalue weighted by atomic mass is 32.2. The molecule has 0 aliphatic rings. The number of rotatable bonds is 8. The fraction of sp³-hybridized carbons (Fsp3) is 0.200. The van der Waals surface area contributed by atoms with E-state index in [0.29, 0.717) is 16.8 Å². The van der Waals surface area contributed by atoms with E-state index < -0.39 is 51.3 Å². The van der Waals surface area contributed by atoms with Crippen LogP contribution in [0.15, 0.2) is 74.2 Å². The summed E-state index contributed by atoms with van der Waals surface area (Å²) >= 11 is 0. The zero-order valence-corrected chi connectivity index (χ0v) is 37.6. The maximum absolute atomic E-state index is 11.1. The van der Waals surface area contributed by atoms with Gasteiger partial charge in [0.05, 0.1) is 16.3 Å². The SMILES string of the molecule is CC(=O)Nc1cc(N)c(C)c(S(=O)(=O)O)c1.CC(=O)Nc1cc(N)c(C)cc1S(=O)(=O)O.CC(=O)Nc1cc(S(=O)(=O)O)cc(N)c1C.CC(=O)Nc1ccc(N)c(S(=O)(=O)O)c1. The fourth-order valence-corrected chi connectivity index (χ4v) is 7.35. The van der Waals surface area contributed by atoms with Gasteiger partial charge in [-0.1, -0.05) is 0 Å². The zero-order valence-electron chi connectivity index (χ0n) is 34.3. The fourth-order valence-electron chi connectivity index (χ4n) is 4.67. The quantitative estimate of drug-likeness (QED) is 0.0892. The van der Waals surface area contributed by atoms with Crippen molar-refractivity contribution in [2.45, 2.75) is 68.0 Å². The smallest absolute Gasteiger partial charge is 0.296 e. The van der Waals surface area contributed by atoms with E-state index in [2.05, 4.69) is 21.3 Å². The molecular formula is C35H46N8O16S4. The predicted molar refractivity (Wildman–Crippen MR) is 234 cm³/mol. The third-order valence-electron chi connectivity index (χ3n) is 7.60. The molecule has 4 aromatic carbocycles. The number of nitrogens with two attached hydrogens (primary N) is 4. The van der Waals surface area contributed by atoms with E-state index >= 15 is 0 Å². The number of carbonyl (C=O) groups is 4. The van der Waals surface area contributed by atoms with Crippen LogP contribution in [-0.2, 0) is 59.7 Å². The maximum atomic E-state index is 11.1. The van der Waals surface area contributed by atoms with Crippen LogP contribution in [0, 0.1) is 20.8 Å². The van der Waals surface area contributed by atoms with Crippen molar-refractivity contribution in [3.05, 3.63) is 71.3 Å². The summed E-state index contributed by atoms with van der Waals surface area (Å²) in [6.45, 7) is 9.78. The van der Waals surface area contributed by atoms with E-state index in [4.69, 9.17) is 41.1 Å². The van der Waals surface area contributed by atoms with Gasteiger partial charge in [-0.25, -0.2) is 0 Å². The third kappa shape index (κ3) is 17.8. The van der Waals surface area contributed by atoms with Crippen molar-refractivity contribution in [1.29, 1.82) is 0 Å². The van der Waals surface area contributed by atoms with Gasteiger partial charge < -0.3 is 44.2 Å². The summed E-state index contributed by atoms with van der Waals surface area (Å²) in [6.07, 6.45) is 0. The minimum atomic E-state index is -4.39. The first-order valence-electron chi connectivity index (χ1n) is 17.1. The van der Waals surface area contributed by atoms with Gasteiger partial charge in [0.15, 0.2) is 0 Å². The Morgan fingerprint density at radius 1 is 0.429 bits per heavy atom. The van der Waals surface area contributed by atoms with Gasteiger partial charge in [-0.2, -0.15) is 33.7 Å². The highest BCUT2D eigenvalue weighted by Crippen LogP contribution is 2.29. The highest BCUT2D eigenvalue weighted by Gasteiger charge is 2.19. The normalized spacial score (nSPS) is 11.2. The molecule has 0 fully saturated rings. The summed E-state index contributed by atoms with van der Waals surface area (Å²) in [5.41, 5.74) is 24.7. The van der Waals surface area contributed by atoms with Gasteiger partial charge >= 0.3 is 0 Å². The predicted octanol–water partition coefficient (Wildman–Crippen LogP) is 2.82. The number of aryl methyl sites for hydroxylation is 1. The van der Waals surface area contributed by atoms with Crippen LogP contribution < -0.4 is 44.2 Å². The van der Waals surface area contributed by atoms with Crippen molar-refractivity contribution >= 4 is 110 Å². The van der Waals surface area contributed by atoms with Crippen LogP contribution in [0.4, 0.5) is 45.5 Å². The second-order valence-corrected chi connectivity index (χ2v) is 18.5. The molecule has 0 saturated heterocycles. The van der Waals surface area contributed by atoms with Crippen LogP contribution >= 0.6 is 0 Å². The number of hydrogen-bond donors (Lipinski definition) is 12. The van der Waals surface area contributed by atoms with Crippen LogP contribution in [0.1, 0.15) is 44.4 Å². The van der Waals surface area contributed by atoms with Crippen molar-refractivity contribution in [3.63, 3.8) is 0 Å². The maximum Gasteiger partial charge on any atom is 0.296 e. The van der Waals surface area contributed by atoms with E-state index in [1.807, 2.05) is 0 Å². The first-order chi connectivity index (χ1) is 28.4. The number of hydrogen-bond acceptors (Lipinski definition) is 16. The van der Waals surface area contributed by atoms with Gasteiger partial charge in [-0.05, 0) is 92.1 Å². The first kappa shape index (κ1) is 54.6. The second-order valence-electron chi connectivity index (χ2n) is 13.0. The first-order valence-corrected chi connectivity index (χ1v) is 22.8. The second kappa shape index (κ2) is 21.6. The summed E-state index contributed by atoms with van der Waals surface area (Å²) in [7, 11) is -17.4. The molecule has 4 aromatic rings. The van der Waals surface area contributed by atoms with Gasteiger partial charge in [0.1, 0.15) is 14.7 Å². The average Bonchev–Trinajstić information content (AvgIpc) is 3.08. The van der Waals surface area contributed by atoms with Crippen LogP contribution in [-0.4, -0.2) is 75.5 Å². The van der Waals surface area contributed by atoms with Crippen LogP contribution in [0.25, 0.3) is 0 Å². The topological polar surface area (TPSA) is 438 Å². The van der Waals surface area contributed by atoms with E-state index in [1.165, 1.54) is 65.0 Å². The van der Waals surface area contributed by atoms with E-state index in [-0.39, 0.29) is 77.8 Å². The molecular weight excluding hydrogens is 917 g/mol. The molecule has 4 rings (SSSR count). The van der Waals surface area contributed by atoms with Gasteiger partial charge in [-0.15, -0.1) is 0 Å². The number of anilines is 8. The summed E-state index contributed by atoms with van der Waals surface area (Å²) in [5, 5.41) is 9.49. The molecule has 0 aromatic heterocycles. The van der Waals surface area contributed by atoms with Gasteiger partial charge in [0.2, 0.25) is 23.6 Å². The number of benzene rings is 4. The minimum absolute atomic E-state index is 0.0295. The van der Waals surface area contributed by atoms with Gasteiger partial charge in [0, 0.05) is 61.8 Å². The van der Waals surface area contributed by atoms with Gasteiger partial charge in [-0.3, -0.25) is 37.4 Å². The monoisotopic (exact) mass is 962 g/mol. The van der Waals surface area contributed by atoms with Crippen molar-refractivity contribution in [2.24, 2.45) is 0 Å². The minimum Gasteiger partial charge on any atom is -0.398 e. The molecule has 346 valence electrons. The molecule has 0 atom stereocenters. The molecule has 63 heavy (non-hydrogen) atoms. The lowest BCUT2D eigenvalue weighted by Crippen LogP contribution is -2.11. The molecule has 0 heterocycles. The standard InChI is InChI=1S/3C9H12N2O4S.C8H10N2O4S/c1-5-8(10)3-7(16(13,14)15)4-9(5)11-6(2)12;1-5-8(10)3-7(11-6(2)12)4-9(5)16(13,14)15;1-5-3-9(16(13,14)15)8(4-7(5)10)11-6(2)12;1-5(11)10-6-2-3-7(9)8(4-6)15(12,13)14/h3*3-4H,10H2,1-2H3,(H,11,12)(H,13,14,15);2-4H,9H2,1H3,(H,10,11)(H,12,13,14). The number of nitrogens with one attached hydrogen (secondary N) is 4. The summed E-state index contributed by atoms with van der Waals surface area (Å²) in [5.74, 6) is -1.51. The molecule has 0 unspecified atom stereocenters. The van der Waals surface area contributed by atoms with E-state index in [1.54, 1.807) is 13.8 Å². The van der Waals surface area contributed by atoms with Gasteiger partial charge in [0.25, 0.3) is 40.5 Å². The van der Waals surface area contributed by atoms with Crippen LogP contribution in [0.2, 0.25) is 0 Å². The molecule has 16 N–H and O–H groups in total. The van der Waals surface area contributed by atoms with Crippen molar-refractivity contribution in [1.82, 2.24) is 0 Å². The molecule has 0 spiro atoms. The number of carbonyl (C=O) groups excluding carboxylic acids is 4. The Morgan fingerprint density at radius 2 is 0.857 bits per heavy atom.